The van der Waals surface area contributed by atoms with Gasteiger partial charge in [-0.1, -0.05) is 6.42 Å². The molecule has 0 aliphatic carbocycles. The fraction of sp³-hybridized carbons (Fsp3) is 0.632. The maximum atomic E-state index is 6.16. The summed E-state index contributed by atoms with van der Waals surface area (Å²) in [6, 6.07) is 4.03. The summed E-state index contributed by atoms with van der Waals surface area (Å²) in [7, 11) is 0. The van der Waals surface area contributed by atoms with Gasteiger partial charge in [-0.3, -0.25) is 0 Å². The van der Waals surface area contributed by atoms with Gasteiger partial charge in [-0.25, -0.2) is 15.0 Å². The van der Waals surface area contributed by atoms with Crippen molar-refractivity contribution in [2.24, 2.45) is 0 Å². The topological polar surface area (TPSA) is 54.4 Å². The summed E-state index contributed by atoms with van der Waals surface area (Å²) in [5.74, 6) is 1.78. The standard InChI is InChI=1S/C19H27N5O/c1-15-21-18-17(7-5-8-20-18)19(22-15)24-11-6-12-25-16(14-24)13-23-9-3-2-4-10-23/h5,7-8,16H,2-4,6,9-14H2,1H3/t16-/m1/s1. The average Bonchev–Trinajstić information content (AvgIpc) is 2.87. The molecule has 0 unspecified atom stereocenters. The smallest absolute Gasteiger partial charge is 0.164 e. The molecule has 0 radical (unpaired) electrons. The number of fused-ring (bicyclic) bond motifs is 1. The van der Waals surface area contributed by atoms with E-state index in [2.05, 4.69) is 25.8 Å². The Labute approximate surface area is 149 Å². The van der Waals surface area contributed by atoms with Gasteiger partial charge < -0.3 is 14.5 Å². The molecule has 0 spiro atoms. The minimum Gasteiger partial charge on any atom is -0.375 e. The van der Waals surface area contributed by atoms with Gasteiger partial charge in [-0.05, 0) is 51.4 Å². The molecule has 4 heterocycles. The van der Waals surface area contributed by atoms with E-state index in [-0.39, 0.29) is 6.10 Å². The van der Waals surface area contributed by atoms with Crippen LogP contribution in [0, 0.1) is 6.92 Å². The molecule has 0 N–H and O–H groups in total. The predicted octanol–water partition coefficient (Wildman–Crippen LogP) is 2.41. The highest BCUT2D eigenvalue weighted by Crippen LogP contribution is 2.24. The molecule has 0 amide bonds. The summed E-state index contributed by atoms with van der Waals surface area (Å²) >= 11 is 0. The Morgan fingerprint density at radius 2 is 2.00 bits per heavy atom. The van der Waals surface area contributed by atoms with Gasteiger partial charge in [0.1, 0.15) is 11.6 Å². The van der Waals surface area contributed by atoms with Gasteiger partial charge in [0.15, 0.2) is 5.65 Å². The first-order chi connectivity index (χ1) is 12.3. The molecule has 0 saturated carbocycles. The predicted molar refractivity (Wildman–Crippen MR) is 98.9 cm³/mol. The van der Waals surface area contributed by atoms with Crippen molar-refractivity contribution in [3.63, 3.8) is 0 Å². The molecule has 2 fully saturated rings. The van der Waals surface area contributed by atoms with Crippen LogP contribution in [0.15, 0.2) is 18.3 Å². The molecule has 2 aliphatic rings. The van der Waals surface area contributed by atoms with Crippen LogP contribution in [0.3, 0.4) is 0 Å². The highest BCUT2D eigenvalue weighted by Gasteiger charge is 2.24. The second-order valence-corrected chi connectivity index (χ2v) is 7.12. The fourth-order valence-corrected chi connectivity index (χ4v) is 3.92. The quantitative estimate of drug-likeness (QED) is 0.855. The summed E-state index contributed by atoms with van der Waals surface area (Å²) in [6.45, 7) is 8.07. The summed E-state index contributed by atoms with van der Waals surface area (Å²) in [5, 5.41) is 1.03. The highest BCUT2D eigenvalue weighted by molar-refractivity contribution is 5.86. The number of hydrogen-bond acceptors (Lipinski definition) is 6. The lowest BCUT2D eigenvalue weighted by Crippen LogP contribution is -2.42. The van der Waals surface area contributed by atoms with Crippen LogP contribution in [0.2, 0.25) is 0 Å². The van der Waals surface area contributed by atoms with Gasteiger partial charge in [0.2, 0.25) is 0 Å². The van der Waals surface area contributed by atoms with E-state index < -0.39 is 0 Å². The Bertz CT molecular complexity index is 716. The number of nitrogens with zero attached hydrogens (tertiary/aromatic N) is 5. The lowest BCUT2D eigenvalue weighted by Gasteiger charge is -2.32. The molecule has 2 aromatic heterocycles. The first-order valence-corrected chi connectivity index (χ1v) is 9.48. The van der Waals surface area contributed by atoms with Crippen molar-refractivity contribution in [2.75, 3.05) is 44.2 Å². The number of anilines is 1. The Balaban J connectivity index is 1.56. The number of aryl methyl sites for hydroxylation is 1. The number of rotatable bonds is 3. The minimum absolute atomic E-state index is 0.239. The lowest BCUT2D eigenvalue weighted by atomic mass is 10.1. The van der Waals surface area contributed by atoms with Gasteiger partial charge in [-0.15, -0.1) is 0 Å². The molecule has 1 atom stereocenters. The van der Waals surface area contributed by atoms with E-state index in [1.54, 1.807) is 6.20 Å². The molecule has 2 aromatic rings. The van der Waals surface area contributed by atoms with E-state index in [1.165, 1.54) is 32.4 Å². The Hall–Kier alpha value is -1.79. The van der Waals surface area contributed by atoms with Gasteiger partial charge >= 0.3 is 0 Å². The Kier molecular flexibility index (Phi) is 5.08. The molecule has 0 bridgehead atoms. The first-order valence-electron chi connectivity index (χ1n) is 9.48. The van der Waals surface area contributed by atoms with E-state index in [4.69, 9.17) is 9.72 Å². The van der Waals surface area contributed by atoms with Crippen molar-refractivity contribution in [2.45, 2.75) is 38.7 Å². The fourth-order valence-electron chi connectivity index (χ4n) is 3.92. The Morgan fingerprint density at radius 3 is 2.88 bits per heavy atom. The zero-order valence-corrected chi connectivity index (χ0v) is 15.0. The van der Waals surface area contributed by atoms with Crippen LogP contribution in [0.1, 0.15) is 31.5 Å². The van der Waals surface area contributed by atoms with Crippen molar-refractivity contribution in [3.8, 4) is 0 Å². The second kappa shape index (κ2) is 7.62. The van der Waals surface area contributed by atoms with E-state index in [0.29, 0.717) is 0 Å². The largest absolute Gasteiger partial charge is 0.375 e. The molecule has 6 nitrogen and oxygen atoms in total. The van der Waals surface area contributed by atoms with Crippen LogP contribution < -0.4 is 4.90 Å². The third kappa shape index (κ3) is 3.90. The number of pyridine rings is 1. The Morgan fingerprint density at radius 1 is 1.12 bits per heavy atom. The number of hydrogen-bond donors (Lipinski definition) is 0. The summed E-state index contributed by atoms with van der Waals surface area (Å²) in [6.07, 6.45) is 7.07. The number of ether oxygens (including phenoxy) is 1. The van der Waals surface area contributed by atoms with Gasteiger partial charge in [-0.2, -0.15) is 0 Å². The SMILES string of the molecule is Cc1nc(N2CCCO[C@H](CN3CCCCC3)C2)c2cccnc2n1. The number of aromatic nitrogens is 3. The first kappa shape index (κ1) is 16.7. The van der Waals surface area contributed by atoms with Crippen LogP contribution in [0.25, 0.3) is 11.0 Å². The van der Waals surface area contributed by atoms with Crippen molar-refractivity contribution in [3.05, 3.63) is 24.2 Å². The molecule has 0 aromatic carbocycles. The van der Waals surface area contributed by atoms with Crippen molar-refractivity contribution in [1.82, 2.24) is 19.9 Å². The molecule has 6 heteroatoms. The van der Waals surface area contributed by atoms with Crippen LogP contribution >= 0.6 is 0 Å². The molecular weight excluding hydrogens is 314 g/mol. The van der Waals surface area contributed by atoms with Crippen molar-refractivity contribution in [1.29, 1.82) is 0 Å². The van der Waals surface area contributed by atoms with Crippen molar-refractivity contribution >= 4 is 16.9 Å². The monoisotopic (exact) mass is 341 g/mol. The zero-order valence-electron chi connectivity index (χ0n) is 15.0. The van der Waals surface area contributed by atoms with Crippen molar-refractivity contribution < 1.29 is 4.74 Å². The second-order valence-electron chi connectivity index (χ2n) is 7.12. The number of piperidine rings is 1. The molecular formula is C19H27N5O. The zero-order chi connectivity index (χ0) is 17.1. The van der Waals surface area contributed by atoms with E-state index in [0.717, 1.165) is 55.3 Å². The highest BCUT2D eigenvalue weighted by atomic mass is 16.5. The molecule has 4 rings (SSSR count). The van der Waals surface area contributed by atoms with Crippen LogP contribution in [0.4, 0.5) is 5.82 Å². The third-order valence-corrected chi connectivity index (χ3v) is 5.12. The minimum atomic E-state index is 0.239. The summed E-state index contributed by atoms with van der Waals surface area (Å²) in [4.78, 5) is 18.6. The maximum absolute atomic E-state index is 6.16. The summed E-state index contributed by atoms with van der Waals surface area (Å²) < 4.78 is 6.16. The summed E-state index contributed by atoms with van der Waals surface area (Å²) in [5.41, 5.74) is 0.780. The van der Waals surface area contributed by atoms with E-state index in [1.807, 2.05) is 13.0 Å². The maximum Gasteiger partial charge on any atom is 0.164 e. The van der Waals surface area contributed by atoms with E-state index in [9.17, 15) is 0 Å². The van der Waals surface area contributed by atoms with Crippen LogP contribution in [-0.2, 0) is 4.74 Å². The van der Waals surface area contributed by atoms with Gasteiger partial charge in [0.05, 0.1) is 11.5 Å². The third-order valence-electron chi connectivity index (χ3n) is 5.12. The normalized spacial score (nSPS) is 22.9. The van der Waals surface area contributed by atoms with Crippen LogP contribution in [-0.4, -0.2) is 65.3 Å². The molecule has 2 aliphatic heterocycles. The van der Waals surface area contributed by atoms with E-state index >= 15 is 0 Å². The molecule has 25 heavy (non-hydrogen) atoms. The molecule has 134 valence electrons. The van der Waals surface area contributed by atoms with Gasteiger partial charge in [0, 0.05) is 32.4 Å². The van der Waals surface area contributed by atoms with Crippen LogP contribution in [0.5, 0.6) is 0 Å². The number of likely N-dealkylation sites (tertiary alicyclic amines) is 1. The molecule has 2 saturated heterocycles. The van der Waals surface area contributed by atoms with Gasteiger partial charge in [0.25, 0.3) is 0 Å². The average molecular weight is 341 g/mol. The lowest BCUT2D eigenvalue weighted by molar-refractivity contribution is 0.0350.